The molecule has 2 aromatic carbocycles. The van der Waals surface area contributed by atoms with E-state index in [1.807, 2.05) is 0 Å². The molecule has 0 N–H and O–H groups in total. The normalized spacial score (nSPS) is 12.0. The maximum atomic E-state index is 13.0. The van der Waals surface area contributed by atoms with Crippen LogP contribution in [0.5, 0.6) is 0 Å². The van der Waals surface area contributed by atoms with Crippen LogP contribution in [-0.4, -0.2) is 0 Å². The molecule has 1 aromatic heterocycles. The van der Waals surface area contributed by atoms with Gasteiger partial charge >= 0.3 is 6.18 Å². The van der Waals surface area contributed by atoms with E-state index in [9.17, 15) is 13.2 Å². The summed E-state index contributed by atoms with van der Waals surface area (Å²) in [7, 11) is 0. The van der Waals surface area contributed by atoms with E-state index in [-0.39, 0.29) is 11.1 Å². The molecule has 0 amide bonds. The fourth-order valence-corrected chi connectivity index (χ4v) is 2.49. The van der Waals surface area contributed by atoms with E-state index in [2.05, 4.69) is 15.9 Å². The van der Waals surface area contributed by atoms with Crippen LogP contribution in [0.3, 0.4) is 0 Å². The predicted octanol–water partition coefficient (Wildman–Crippen LogP) is 5.88. The number of rotatable bonds is 1. The summed E-state index contributed by atoms with van der Waals surface area (Å²) < 4.78 is 45.0. The van der Waals surface area contributed by atoms with Gasteiger partial charge in [-0.05, 0) is 18.2 Å². The van der Waals surface area contributed by atoms with E-state index >= 15 is 0 Å². The summed E-state index contributed by atoms with van der Waals surface area (Å²) >= 11 is 3.28. The summed E-state index contributed by atoms with van der Waals surface area (Å²) in [5.74, 6) is -0.729. The second kappa shape index (κ2) is 4.66. The fraction of sp³-hybridized carbons (Fsp3) is 0.0667. The lowest BCUT2D eigenvalue weighted by Gasteiger charge is -2.02. The Labute approximate surface area is 121 Å². The van der Waals surface area contributed by atoms with Crippen molar-refractivity contribution in [3.05, 3.63) is 58.8 Å². The van der Waals surface area contributed by atoms with Crippen LogP contribution in [0.15, 0.2) is 57.4 Å². The van der Waals surface area contributed by atoms with Gasteiger partial charge < -0.3 is 4.42 Å². The third kappa shape index (κ3) is 2.22. The molecule has 3 rings (SSSR count). The highest BCUT2D eigenvalue weighted by atomic mass is 79.9. The van der Waals surface area contributed by atoms with Crippen molar-refractivity contribution >= 4 is 26.7 Å². The Morgan fingerprint density at radius 1 is 0.900 bits per heavy atom. The van der Waals surface area contributed by atoms with E-state index in [0.29, 0.717) is 15.4 Å². The smallest absolute Gasteiger partial charge is 0.450 e. The summed E-state index contributed by atoms with van der Waals surface area (Å²) in [4.78, 5) is 0. The van der Waals surface area contributed by atoms with Crippen molar-refractivity contribution < 1.29 is 17.6 Å². The van der Waals surface area contributed by atoms with Gasteiger partial charge in [-0.2, -0.15) is 13.2 Å². The second-order valence-corrected chi connectivity index (χ2v) is 5.23. The van der Waals surface area contributed by atoms with Gasteiger partial charge in [0.1, 0.15) is 5.76 Å². The molecular weight excluding hydrogens is 333 g/mol. The Bertz CT molecular complexity index is 760. The number of fused-ring (bicyclic) bond motifs is 1. The molecule has 0 bridgehead atoms. The monoisotopic (exact) mass is 340 g/mol. The molecule has 0 radical (unpaired) electrons. The summed E-state index contributed by atoms with van der Waals surface area (Å²) in [5, 5.41) is 0.512. The molecule has 3 aromatic rings. The quantitative estimate of drug-likeness (QED) is 0.539. The van der Waals surface area contributed by atoms with Gasteiger partial charge in [0, 0.05) is 20.8 Å². The zero-order valence-electron chi connectivity index (χ0n) is 10.0. The van der Waals surface area contributed by atoms with Gasteiger partial charge in [0.15, 0.2) is 0 Å². The fourth-order valence-electron chi connectivity index (χ4n) is 2.13. The minimum absolute atomic E-state index is 0.0690. The molecule has 5 heteroatoms. The molecular formula is C15H8BrF3O. The van der Waals surface area contributed by atoms with Crippen LogP contribution in [0.2, 0.25) is 0 Å². The third-order valence-electron chi connectivity index (χ3n) is 2.97. The lowest BCUT2D eigenvalue weighted by molar-refractivity contribution is -0.151. The highest BCUT2D eigenvalue weighted by molar-refractivity contribution is 9.10. The maximum Gasteiger partial charge on any atom is 0.450 e. The number of halogens is 4. The largest absolute Gasteiger partial charge is 0.450 e. The zero-order chi connectivity index (χ0) is 14.3. The van der Waals surface area contributed by atoms with E-state index in [1.165, 1.54) is 6.07 Å². The van der Waals surface area contributed by atoms with E-state index in [0.717, 1.165) is 0 Å². The minimum atomic E-state index is -4.51. The Morgan fingerprint density at radius 2 is 1.60 bits per heavy atom. The van der Waals surface area contributed by atoms with Gasteiger partial charge in [-0.15, -0.1) is 0 Å². The average molecular weight is 341 g/mol. The van der Waals surface area contributed by atoms with Gasteiger partial charge in [0.2, 0.25) is 5.76 Å². The number of hydrogen-bond acceptors (Lipinski definition) is 1. The lowest BCUT2D eigenvalue weighted by atomic mass is 10.1. The molecule has 0 atom stereocenters. The van der Waals surface area contributed by atoms with Crippen LogP contribution < -0.4 is 0 Å². The molecule has 0 aliphatic heterocycles. The van der Waals surface area contributed by atoms with Crippen molar-refractivity contribution in [1.29, 1.82) is 0 Å². The van der Waals surface area contributed by atoms with E-state index < -0.39 is 11.9 Å². The molecule has 0 aliphatic carbocycles. The maximum absolute atomic E-state index is 13.0. The van der Waals surface area contributed by atoms with Crippen LogP contribution in [0.1, 0.15) is 5.76 Å². The molecule has 0 aliphatic rings. The van der Waals surface area contributed by atoms with E-state index in [1.54, 1.807) is 42.5 Å². The Morgan fingerprint density at radius 3 is 2.25 bits per heavy atom. The molecule has 1 heterocycles. The first-order valence-corrected chi connectivity index (χ1v) is 6.61. The molecule has 0 saturated heterocycles. The SMILES string of the molecule is FC(F)(F)c1oc(-c2ccccc2)c2cc(Br)ccc12. The summed E-state index contributed by atoms with van der Waals surface area (Å²) in [6.45, 7) is 0. The van der Waals surface area contributed by atoms with Gasteiger partial charge in [-0.3, -0.25) is 0 Å². The highest BCUT2D eigenvalue weighted by Gasteiger charge is 2.38. The van der Waals surface area contributed by atoms with Crippen LogP contribution in [0, 0.1) is 0 Å². The Hall–Kier alpha value is -1.75. The second-order valence-electron chi connectivity index (χ2n) is 4.31. The Balaban J connectivity index is 2.35. The first kappa shape index (κ1) is 13.2. The Kier molecular flexibility index (Phi) is 3.09. The van der Waals surface area contributed by atoms with Crippen molar-refractivity contribution in [2.75, 3.05) is 0 Å². The molecule has 0 unspecified atom stereocenters. The van der Waals surface area contributed by atoms with Crippen LogP contribution in [-0.2, 0) is 6.18 Å². The van der Waals surface area contributed by atoms with Gasteiger partial charge in [0.25, 0.3) is 0 Å². The number of alkyl halides is 3. The van der Waals surface area contributed by atoms with Gasteiger partial charge in [-0.1, -0.05) is 46.3 Å². The summed E-state index contributed by atoms with van der Waals surface area (Å²) in [6, 6.07) is 13.4. The van der Waals surface area contributed by atoms with Crippen molar-refractivity contribution in [1.82, 2.24) is 0 Å². The van der Waals surface area contributed by atoms with Gasteiger partial charge in [0.05, 0.1) is 0 Å². The molecule has 20 heavy (non-hydrogen) atoms. The average Bonchev–Trinajstić information content (AvgIpc) is 2.78. The summed E-state index contributed by atoms with van der Waals surface area (Å²) in [6.07, 6.45) is -4.51. The predicted molar refractivity (Wildman–Crippen MR) is 74.4 cm³/mol. The van der Waals surface area contributed by atoms with Crippen molar-refractivity contribution in [2.24, 2.45) is 0 Å². The van der Waals surface area contributed by atoms with Crippen LogP contribution in [0.4, 0.5) is 13.2 Å². The van der Waals surface area contributed by atoms with Gasteiger partial charge in [-0.25, -0.2) is 0 Å². The first-order chi connectivity index (χ1) is 9.47. The van der Waals surface area contributed by atoms with Crippen molar-refractivity contribution in [3.8, 4) is 11.3 Å². The van der Waals surface area contributed by atoms with Crippen molar-refractivity contribution in [3.63, 3.8) is 0 Å². The minimum Gasteiger partial charge on any atom is -0.450 e. The topological polar surface area (TPSA) is 13.1 Å². The number of hydrogen-bond donors (Lipinski definition) is 0. The lowest BCUT2D eigenvalue weighted by Crippen LogP contribution is -2.03. The molecule has 0 saturated carbocycles. The highest BCUT2D eigenvalue weighted by Crippen LogP contribution is 2.42. The number of benzene rings is 2. The number of furan rings is 1. The van der Waals surface area contributed by atoms with Crippen LogP contribution >= 0.6 is 15.9 Å². The molecule has 1 nitrogen and oxygen atoms in total. The van der Waals surface area contributed by atoms with Crippen molar-refractivity contribution in [2.45, 2.75) is 6.18 Å². The molecule has 102 valence electrons. The molecule has 0 spiro atoms. The zero-order valence-corrected chi connectivity index (χ0v) is 11.6. The third-order valence-corrected chi connectivity index (χ3v) is 3.46. The first-order valence-electron chi connectivity index (χ1n) is 5.81. The van der Waals surface area contributed by atoms with Crippen LogP contribution in [0.25, 0.3) is 22.1 Å². The molecule has 0 fully saturated rings. The standard InChI is InChI=1S/C15H8BrF3O/c16-10-6-7-11-12(8-10)13(9-4-2-1-3-5-9)20-14(11)15(17,18)19/h1-8H. The van der Waals surface area contributed by atoms with E-state index in [4.69, 9.17) is 4.42 Å². The summed E-state index contributed by atoms with van der Waals surface area (Å²) in [5.41, 5.74) is 0.617.